The molecule has 114 valence electrons. The maximum atomic E-state index is 6.24. The van der Waals surface area contributed by atoms with Crippen molar-refractivity contribution in [2.24, 2.45) is 5.73 Å². The van der Waals surface area contributed by atoms with Crippen molar-refractivity contribution in [1.82, 2.24) is 4.98 Å². The number of rotatable bonds is 6. The van der Waals surface area contributed by atoms with Gasteiger partial charge in [0, 0.05) is 23.5 Å². The number of aromatic nitrogens is 1. The Kier molecular flexibility index (Phi) is 5.88. The third kappa shape index (κ3) is 4.10. The van der Waals surface area contributed by atoms with Crippen LogP contribution in [-0.4, -0.2) is 18.1 Å². The molecule has 0 aliphatic heterocycles. The summed E-state index contributed by atoms with van der Waals surface area (Å²) in [5, 5.41) is 4.16. The van der Waals surface area contributed by atoms with Gasteiger partial charge in [-0.25, -0.2) is 4.98 Å². The molecule has 0 saturated carbocycles. The van der Waals surface area contributed by atoms with E-state index in [-0.39, 0.29) is 5.92 Å². The van der Waals surface area contributed by atoms with Crippen LogP contribution in [0.15, 0.2) is 17.5 Å². The first-order valence-corrected chi connectivity index (χ1v) is 8.41. The zero-order chi connectivity index (χ0) is 15.4. The number of nitrogens with two attached hydrogens (primary N) is 1. The predicted molar refractivity (Wildman–Crippen MR) is 90.0 cm³/mol. The van der Waals surface area contributed by atoms with Crippen LogP contribution in [0.1, 0.15) is 29.1 Å². The second kappa shape index (κ2) is 7.45. The van der Waals surface area contributed by atoms with Crippen LogP contribution < -0.4 is 10.5 Å². The molecule has 1 heterocycles. The Labute approximate surface area is 139 Å². The Hall–Kier alpha value is -0.810. The maximum Gasteiger partial charge on any atom is 0.156 e. The molecule has 0 aliphatic rings. The van der Waals surface area contributed by atoms with Gasteiger partial charge >= 0.3 is 0 Å². The van der Waals surface area contributed by atoms with E-state index in [9.17, 15) is 0 Å². The molecule has 0 spiro atoms. The van der Waals surface area contributed by atoms with Crippen molar-refractivity contribution < 1.29 is 4.74 Å². The van der Waals surface area contributed by atoms with Crippen molar-refractivity contribution in [3.05, 3.63) is 43.8 Å². The fourth-order valence-corrected chi connectivity index (χ4v) is 3.68. The molecule has 1 aromatic heterocycles. The SMILES string of the molecule is CCOc1c(Cl)cc(CC(CN)c2nc(C)cs2)cc1Cl. The van der Waals surface area contributed by atoms with Crippen molar-refractivity contribution in [2.45, 2.75) is 26.2 Å². The summed E-state index contributed by atoms with van der Waals surface area (Å²) in [4.78, 5) is 4.52. The number of halogens is 2. The summed E-state index contributed by atoms with van der Waals surface area (Å²) in [7, 11) is 0. The first-order valence-electron chi connectivity index (χ1n) is 6.78. The van der Waals surface area contributed by atoms with Crippen LogP contribution >= 0.6 is 34.5 Å². The normalized spacial score (nSPS) is 12.4. The van der Waals surface area contributed by atoms with Gasteiger partial charge < -0.3 is 10.5 Å². The smallest absolute Gasteiger partial charge is 0.156 e. The van der Waals surface area contributed by atoms with E-state index in [1.165, 1.54) is 0 Å². The van der Waals surface area contributed by atoms with Crippen molar-refractivity contribution in [3.63, 3.8) is 0 Å². The van der Waals surface area contributed by atoms with Gasteiger partial charge in [-0.15, -0.1) is 11.3 Å². The summed E-state index contributed by atoms with van der Waals surface area (Å²) in [5.74, 6) is 0.716. The Balaban J connectivity index is 2.22. The minimum atomic E-state index is 0.175. The second-order valence-corrected chi connectivity index (χ2v) is 6.49. The fraction of sp³-hybridized carbons (Fsp3) is 0.400. The van der Waals surface area contributed by atoms with Crippen molar-refractivity contribution in [2.75, 3.05) is 13.2 Å². The number of thiazole rings is 1. The molecule has 0 amide bonds. The highest BCUT2D eigenvalue weighted by Gasteiger charge is 2.17. The number of aryl methyl sites for hydroxylation is 1. The minimum Gasteiger partial charge on any atom is -0.491 e. The average molecular weight is 345 g/mol. The van der Waals surface area contributed by atoms with Gasteiger partial charge in [-0.2, -0.15) is 0 Å². The number of hydrogen-bond donors (Lipinski definition) is 1. The third-order valence-electron chi connectivity index (χ3n) is 3.10. The first-order chi connectivity index (χ1) is 10.0. The van der Waals surface area contributed by atoms with Crippen LogP contribution in [0, 0.1) is 6.92 Å². The summed E-state index contributed by atoms with van der Waals surface area (Å²) in [6.07, 6.45) is 0.759. The molecule has 1 atom stereocenters. The van der Waals surface area contributed by atoms with E-state index in [2.05, 4.69) is 4.98 Å². The molecular weight excluding hydrogens is 327 g/mol. The zero-order valence-corrected chi connectivity index (χ0v) is 14.4. The highest BCUT2D eigenvalue weighted by Crippen LogP contribution is 2.35. The number of ether oxygens (including phenoxy) is 1. The van der Waals surface area contributed by atoms with Crippen molar-refractivity contribution >= 4 is 34.5 Å². The van der Waals surface area contributed by atoms with E-state index < -0.39 is 0 Å². The van der Waals surface area contributed by atoms with E-state index in [0.717, 1.165) is 22.7 Å². The lowest BCUT2D eigenvalue weighted by Crippen LogP contribution is -2.15. The summed E-state index contributed by atoms with van der Waals surface area (Å²) in [5.41, 5.74) is 7.95. The van der Waals surface area contributed by atoms with E-state index in [1.807, 2.05) is 31.4 Å². The molecule has 2 N–H and O–H groups in total. The van der Waals surface area contributed by atoms with Gasteiger partial charge in [-0.3, -0.25) is 0 Å². The number of hydrogen-bond acceptors (Lipinski definition) is 4. The van der Waals surface area contributed by atoms with Gasteiger partial charge in [-0.05, 0) is 38.0 Å². The van der Waals surface area contributed by atoms with Crippen LogP contribution in [0.3, 0.4) is 0 Å². The monoisotopic (exact) mass is 344 g/mol. The predicted octanol–water partition coefficient (Wildman–Crippen LogP) is 4.44. The molecule has 0 radical (unpaired) electrons. The van der Waals surface area contributed by atoms with E-state index in [4.69, 9.17) is 33.7 Å². The van der Waals surface area contributed by atoms with Gasteiger partial charge in [0.2, 0.25) is 0 Å². The summed E-state index contributed by atoms with van der Waals surface area (Å²) in [6.45, 7) is 4.95. The standard InChI is InChI=1S/C15H18Cl2N2OS/c1-3-20-14-12(16)5-10(6-13(14)17)4-11(7-18)15-19-9(2)8-21-15/h5-6,8,11H,3-4,7,18H2,1-2H3. The lowest BCUT2D eigenvalue weighted by Gasteiger charge is -2.14. The summed E-state index contributed by atoms with van der Waals surface area (Å²) >= 11 is 14.1. The molecule has 0 bridgehead atoms. The molecular formula is C15H18Cl2N2OS. The Bertz CT molecular complexity index is 592. The topological polar surface area (TPSA) is 48.1 Å². The zero-order valence-electron chi connectivity index (χ0n) is 12.0. The van der Waals surface area contributed by atoms with Gasteiger partial charge in [0.05, 0.1) is 21.7 Å². The third-order valence-corrected chi connectivity index (χ3v) is 4.79. The summed E-state index contributed by atoms with van der Waals surface area (Å²) < 4.78 is 5.44. The van der Waals surface area contributed by atoms with Crippen molar-refractivity contribution in [1.29, 1.82) is 0 Å². The van der Waals surface area contributed by atoms with Crippen LogP contribution in [0.25, 0.3) is 0 Å². The molecule has 2 rings (SSSR count). The van der Waals surface area contributed by atoms with Gasteiger partial charge in [0.1, 0.15) is 0 Å². The first kappa shape index (κ1) is 16.6. The minimum absolute atomic E-state index is 0.175. The molecule has 0 fully saturated rings. The van der Waals surface area contributed by atoms with Crippen LogP contribution in [0.2, 0.25) is 10.0 Å². The quantitative estimate of drug-likeness (QED) is 0.842. The van der Waals surface area contributed by atoms with Crippen LogP contribution in [0.4, 0.5) is 0 Å². The molecule has 2 aromatic rings. The highest BCUT2D eigenvalue weighted by atomic mass is 35.5. The molecule has 1 aromatic carbocycles. The molecule has 0 saturated heterocycles. The van der Waals surface area contributed by atoms with Gasteiger partial charge in [0.15, 0.2) is 5.75 Å². The van der Waals surface area contributed by atoms with Crippen molar-refractivity contribution in [3.8, 4) is 5.75 Å². The molecule has 1 unspecified atom stereocenters. The average Bonchev–Trinajstić information content (AvgIpc) is 2.86. The summed E-state index contributed by atoms with van der Waals surface area (Å²) in [6, 6.07) is 3.78. The maximum absolute atomic E-state index is 6.24. The lowest BCUT2D eigenvalue weighted by atomic mass is 10.00. The molecule has 6 heteroatoms. The van der Waals surface area contributed by atoms with E-state index >= 15 is 0 Å². The number of benzene rings is 1. The van der Waals surface area contributed by atoms with Crippen LogP contribution in [0.5, 0.6) is 5.75 Å². The fourth-order valence-electron chi connectivity index (χ4n) is 2.13. The second-order valence-electron chi connectivity index (χ2n) is 4.79. The van der Waals surface area contributed by atoms with E-state index in [1.54, 1.807) is 11.3 Å². The highest BCUT2D eigenvalue weighted by molar-refractivity contribution is 7.09. The molecule has 21 heavy (non-hydrogen) atoms. The number of nitrogens with zero attached hydrogens (tertiary/aromatic N) is 1. The largest absolute Gasteiger partial charge is 0.491 e. The Morgan fingerprint density at radius 1 is 1.33 bits per heavy atom. The lowest BCUT2D eigenvalue weighted by molar-refractivity contribution is 0.340. The van der Waals surface area contributed by atoms with Crippen LogP contribution in [-0.2, 0) is 6.42 Å². The van der Waals surface area contributed by atoms with Gasteiger partial charge in [0.25, 0.3) is 0 Å². The van der Waals surface area contributed by atoms with E-state index in [0.29, 0.717) is 28.9 Å². The molecule has 0 aliphatic carbocycles. The Morgan fingerprint density at radius 3 is 2.48 bits per heavy atom. The van der Waals surface area contributed by atoms with Gasteiger partial charge in [-0.1, -0.05) is 23.2 Å². The Morgan fingerprint density at radius 2 is 2.00 bits per heavy atom. The molecule has 3 nitrogen and oxygen atoms in total.